The minimum Gasteiger partial charge on any atom is -0.391 e. The highest BCUT2D eigenvalue weighted by Gasteiger charge is 2.28. The molecule has 0 bridgehead atoms. The maximum absolute atomic E-state index is 12.5. The van der Waals surface area contributed by atoms with Gasteiger partial charge in [-0.05, 0) is 19.1 Å². The summed E-state index contributed by atoms with van der Waals surface area (Å²) in [6.07, 6.45) is -0.460. The quantitative estimate of drug-likeness (QED) is 0.724. The normalized spacial score (nSPS) is 15.0. The van der Waals surface area contributed by atoms with Crippen LogP contribution in [0.5, 0.6) is 5.88 Å². The number of thiol groups is 1. The number of aryl methyl sites for hydroxylation is 1. The fourth-order valence-corrected chi connectivity index (χ4v) is 3.03. The molecule has 1 aliphatic heterocycles. The van der Waals surface area contributed by atoms with Gasteiger partial charge in [0.05, 0.1) is 17.4 Å². The molecule has 2 heterocycles. The molecule has 2 N–H and O–H groups in total. The van der Waals surface area contributed by atoms with Crippen molar-refractivity contribution in [2.45, 2.75) is 13.0 Å². The van der Waals surface area contributed by atoms with Crippen LogP contribution in [0.25, 0.3) is 5.69 Å². The Balaban J connectivity index is 0.00000280. The van der Waals surface area contributed by atoms with Crippen molar-refractivity contribution >= 4 is 37.0 Å². The molecule has 8 nitrogen and oxygen atoms in total. The van der Waals surface area contributed by atoms with Gasteiger partial charge < -0.3 is 20.3 Å². The fraction of sp³-hybridized carbons (Fsp3) is 0.389. The third-order valence-electron chi connectivity index (χ3n) is 4.35. The minimum absolute atomic E-state index is 0. The second kappa shape index (κ2) is 9.81. The van der Waals surface area contributed by atoms with Crippen LogP contribution in [0.4, 0.5) is 4.79 Å². The lowest BCUT2D eigenvalue weighted by molar-refractivity contribution is -0.133. The number of benzene rings is 1. The lowest BCUT2D eigenvalue weighted by Gasteiger charge is -2.35. The van der Waals surface area contributed by atoms with Crippen LogP contribution in [0, 0.1) is 6.92 Å². The molecule has 2 amide bonds. The number of para-hydroxylation sites is 1. The SMILES string of the molecule is Cc1cc(OC(=O)N2CCN(C(=O)C(N)CS)CC2)n(-c2ccccc2)n1.Cl. The lowest BCUT2D eigenvalue weighted by atomic mass is 10.2. The van der Waals surface area contributed by atoms with Gasteiger partial charge in [0.2, 0.25) is 11.8 Å². The Kier molecular flexibility index (Phi) is 7.73. The molecule has 0 aliphatic carbocycles. The number of aromatic nitrogens is 2. The predicted molar refractivity (Wildman–Crippen MR) is 112 cm³/mol. The van der Waals surface area contributed by atoms with E-state index in [9.17, 15) is 9.59 Å². The monoisotopic (exact) mass is 425 g/mol. The van der Waals surface area contributed by atoms with E-state index in [-0.39, 0.29) is 18.3 Å². The van der Waals surface area contributed by atoms with Crippen LogP contribution in [-0.4, -0.2) is 69.6 Å². The topological polar surface area (TPSA) is 93.7 Å². The Bertz CT molecular complexity index is 809. The Morgan fingerprint density at radius 2 is 1.79 bits per heavy atom. The minimum atomic E-state index is -0.616. The lowest BCUT2D eigenvalue weighted by Crippen LogP contribution is -2.55. The standard InChI is InChI=1S/C18H23N5O3S.ClH/c1-13-11-16(23(20-13)14-5-3-2-4-6-14)26-18(25)22-9-7-21(8-10-22)17(24)15(19)12-27;/h2-6,11,15,27H,7-10,12,19H2,1H3;1H. The Hall–Kier alpha value is -2.23. The van der Waals surface area contributed by atoms with Crippen molar-refractivity contribution in [1.29, 1.82) is 0 Å². The van der Waals surface area contributed by atoms with E-state index >= 15 is 0 Å². The maximum atomic E-state index is 12.5. The number of carbonyl (C=O) groups is 2. The predicted octanol–water partition coefficient (Wildman–Crippen LogP) is 1.50. The number of rotatable bonds is 4. The van der Waals surface area contributed by atoms with Crippen LogP contribution in [-0.2, 0) is 4.79 Å². The summed E-state index contributed by atoms with van der Waals surface area (Å²) < 4.78 is 7.17. The average Bonchev–Trinajstić information content (AvgIpc) is 3.07. The van der Waals surface area contributed by atoms with Crippen LogP contribution < -0.4 is 10.5 Å². The van der Waals surface area contributed by atoms with Crippen molar-refractivity contribution in [2.24, 2.45) is 5.73 Å². The van der Waals surface area contributed by atoms with Gasteiger partial charge in [-0.3, -0.25) is 4.79 Å². The smallest absolute Gasteiger partial charge is 0.391 e. The highest BCUT2D eigenvalue weighted by Crippen LogP contribution is 2.20. The van der Waals surface area contributed by atoms with E-state index < -0.39 is 12.1 Å². The summed E-state index contributed by atoms with van der Waals surface area (Å²) in [4.78, 5) is 27.9. The molecule has 1 aromatic heterocycles. The number of piperazine rings is 1. The van der Waals surface area contributed by atoms with Crippen molar-refractivity contribution in [3.63, 3.8) is 0 Å². The number of carbonyl (C=O) groups excluding carboxylic acids is 2. The van der Waals surface area contributed by atoms with Gasteiger partial charge >= 0.3 is 6.09 Å². The molecular formula is C18H24ClN5O3S. The average molecular weight is 426 g/mol. The zero-order chi connectivity index (χ0) is 19.4. The maximum Gasteiger partial charge on any atom is 0.416 e. The van der Waals surface area contributed by atoms with Gasteiger partial charge in [-0.1, -0.05) is 18.2 Å². The van der Waals surface area contributed by atoms with Crippen molar-refractivity contribution < 1.29 is 14.3 Å². The van der Waals surface area contributed by atoms with Crippen LogP contribution in [0.1, 0.15) is 5.69 Å². The molecule has 2 aromatic rings. The summed E-state index contributed by atoms with van der Waals surface area (Å²) >= 11 is 4.06. The summed E-state index contributed by atoms with van der Waals surface area (Å²) in [5, 5.41) is 4.39. The summed E-state index contributed by atoms with van der Waals surface area (Å²) in [7, 11) is 0. The van der Waals surface area contributed by atoms with Gasteiger partial charge in [-0.25, -0.2) is 9.48 Å². The number of ether oxygens (including phenoxy) is 1. The molecule has 0 saturated carbocycles. The Morgan fingerprint density at radius 3 is 2.39 bits per heavy atom. The van der Waals surface area contributed by atoms with Crippen LogP contribution >= 0.6 is 25.0 Å². The molecule has 0 radical (unpaired) electrons. The third-order valence-corrected chi connectivity index (χ3v) is 4.75. The number of hydrogen-bond acceptors (Lipinski definition) is 6. The van der Waals surface area contributed by atoms with Crippen LogP contribution in [0.2, 0.25) is 0 Å². The van der Waals surface area contributed by atoms with Crippen LogP contribution in [0.3, 0.4) is 0 Å². The van der Waals surface area contributed by atoms with Crippen molar-refractivity contribution in [2.75, 3.05) is 31.9 Å². The van der Waals surface area contributed by atoms with E-state index in [4.69, 9.17) is 10.5 Å². The van der Waals surface area contributed by atoms with Crippen molar-refractivity contribution in [3.05, 3.63) is 42.1 Å². The highest BCUT2D eigenvalue weighted by molar-refractivity contribution is 7.80. The molecule has 28 heavy (non-hydrogen) atoms. The van der Waals surface area contributed by atoms with Gasteiger partial charge in [-0.2, -0.15) is 17.7 Å². The first kappa shape index (κ1) is 22.1. The van der Waals surface area contributed by atoms with E-state index in [1.165, 1.54) is 0 Å². The van der Waals surface area contributed by atoms with Crippen molar-refractivity contribution in [3.8, 4) is 11.6 Å². The molecule has 1 saturated heterocycles. The summed E-state index contributed by atoms with van der Waals surface area (Å²) in [5.74, 6) is 0.513. The molecular weight excluding hydrogens is 402 g/mol. The van der Waals surface area contributed by atoms with E-state index in [1.54, 1.807) is 20.5 Å². The number of nitrogens with zero attached hydrogens (tertiary/aromatic N) is 4. The van der Waals surface area contributed by atoms with E-state index in [0.29, 0.717) is 37.8 Å². The van der Waals surface area contributed by atoms with Gasteiger partial charge in [0.1, 0.15) is 0 Å². The molecule has 3 rings (SSSR count). The van der Waals surface area contributed by atoms with E-state index in [2.05, 4.69) is 17.7 Å². The number of hydrogen-bond donors (Lipinski definition) is 2. The summed E-state index contributed by atoms with van der Waals surface area (Å²) in [6, 6.07) is 10.6. The first-order valence-electron chi connectivity index (χ1n) is 8.73. The molecule has 10 heteroatoms. The van der Waals surface area contributed by atoms with Crippen molar-refractivity contribution in [1.82, 2.24) is 19.6 Å². The largest absolute Gasteiger partial charge is 0.416 e. The number of halogens is 1. The van der Waals surface area contributed by atoms with Gasteiger partial charge in [0, 0.05) is 38.0 Å². The fourth-order valence-electron chi connectivity index (χ4n) is 2.88. The molecule has 1 atom stereocenters. The zero-order valence-electron chi connectivity index (χ0n) is 15.5. The Labute approximate surface area is 175 Å². The highest BCUT2D eigenvalue weighted by atomic mass is 35.5. The van der Waals surface area contributed by atoms with Gasteiger partial charge in [-0.15, -0.1) is 12.4 Å². The molecule has 1 aromatic carbocycles. The molecule has 1 aliphatic rings. The first-order valence-corrected chi connectivity index (χ1v) is 9.37. The molecule has 0 spiro atoms. The van der Waals surface area contributed by atoms with Gasteiger partial charge in [0.15, 0.2) is 0 Å². The van der Waals surface area contributed by atoms with E-state index in [1.807, 2.05) is 37.3 Å². The summed E-state index contributed by atoms with van der Waals surface area (Å²) in [6.45, 7) is 3.47. The van der Waals surface area contributed by atoms with Gasteiger partial charge in [0.25, 0.3) is 0 Å². The molecule has 152 valence electrons. The summed E-state index contributed by atoms with van der Waals surface area (Å²) in [5.41, 5.74) is 7.29. The van der Waals surface area contributed by atoms with Crippen LogP contribution in [0.15, 0.2) is 36.4 Å². The zero-order valence-corrected chi connectivity index (χ0v) is 17.2. The number of amides is 2. The second-order valence-corrected chi connectivity index (χ2v) is 6.71. The first-order chi connectivity index (χ1) is 13.0. The molecule has 1 unspecified atom stereocenters. The third kappa shape index (κ3) is 4.98. The Morgan fingerprint density at radius 1 is 1.18 bits per heavy atom. The van der Waals surface area contributed by atoms with E-state index in [0.717, 1.165) is 11.4 Å². The second-order valence-electron chi connectivity index (χ2n) is 6.34. The number of nitrogens with two attached hydrogens (primary N) is 1. The molecule has 1 fully saturated rings.